The summed E-state index contributed by atoms with van der Waals surface area (Å²) in [5.41, 5.74) is 2.21. The molecule has 0 saturated heterocycles. The number of rotatable bonds is 5. The van der Waals surface area contributed by atoms with E-state index in [9.17, 15) is 13.6 Å². The van der Waals surface area contributed by atoms with Gasteiger partial charge >= 0.3 is 0 Å². The van der Waals surface area contributed by atoms with Crippen molar-refractivity contribution in [2.45, 2.75) is 12.3 Å². The van der Waals surface area contributed by atoms with Crippen molar-refractivity contribution < 1.29 is 13.6 Å². The lowest BCUT2D eigenvalue weighted by molar-refractivity contribution is 0.0959. The lowest BCUT2D eigenvalue weighted by Gasteiger charge is -2.17. The van der Waals surface area contributed by atoms with Gasteiger partial charge < -0.3 is 0 Å². The number of hydrogen-bond donors (Lipinski definition) is 0. The number of carbonyl (C=O) groups excluding carboxylic acids is 1. The average molecular weight is 322 g/mol. The van der Waals surface area contributed by atoms with Crippen LogP contribution in [0.3, 0.4) is 0 Å². The highest BCUT2D eigenvalue weighted by atomic mass is 19.1. The summed E-state index contributed by atoms with van der Waals surface area (Å²) in [6, 6.07) is 21.1. The van der Waals surface area contributed by atoms with Crippen LogP contribution in [0.5, 0.6) is 0 Å². The summed E-state index contributed by atoms with van der Waals surface area (Å²) in [5, 5.41) is 0. The van der Waals surface area contributed by atoms with Gasteiger partial charge in [-0.1, -0.05) is 54.6 Å². The van der Waals surface area contributed by atoms with Crippen molar-refractivity contribution in [3.05, 3.63) is 107 Å². The van der Waals surface area contributed by atoms with E-state index in [4.69, 9.17) is 0 Å². The fourth-order valence-corrected chi connectivity index (χ4v) is 2.72. The maximum Gasteiger partial charge on any atom is 0.170 e. The topological polar surface area (TPSA) is 17.1 Å². The zero-order chi connectivity index (χ0) is 16.9. The highest BCUT2D eigenvalue weighted by Gasteiger charge is 2.22. The standard InChI is InChI=1S/C21H16F2O/c22-18-10-6-15(7-11-18)14-20(16-8-12-19(23)13-9-16)21(24)17-4-2-1-3-5-17/h1-13,20H,14H2. The SMILES string of the molecule is O=C(c1ccccc1)C(Cc1ccc(F)cc1)c1ccc(F)cc1. The molecule has 1 nitrogen and oxygen atoms in total. The van der Waals surface area contributed by atoms with Gasteiger partial charge in [0.05, 0.1) is 5.92 Å². The summed E-state index contributed by atoms with van der Waals surface area (Å²) in [6.07, 6.45) is 0.430. The van der Waals surface area contributed by atoms with Crippen LogP contribution in [-0.4, -0.2) is 5.78 Å². The molecule has 0 radical (unpaired) electrons. The minimum atomic E-state index is -0.446. The number of hydrogen-bond acceptors (Lipinski definition) is 1. The van der Waals surface area contributed by atoms with E-state index in [1.165, 1.54) is 24.3 Å². The van der Waals surface area contributed by atoms with E-state index in [2.05, 4.69) is 0 Å². The summed E-state index contributed by atoms with van der Waals surface area (Å²) in [5.74, 6) is -1.14. The van der Waals surface area contributed by atoms with E-state index in [1.807, 2.05) is 18.2 Å². The van der Waals surface area contributed by atoms with Crippen LogP contribution in [0.4, 0.5) is 8.78 Å². The van der Waals surface area contributed by atoms with Gasteiger partial charge in [-0.05, 0) is 41.8 Å². The Balaban J connectivity index is 1.95. The van der Waals surface area contributed by atoms with Crippen molar-refractivity contribution in [2.24, 2.45) is 0 Å². The maximum atomic E-state index is 13.2. The molecule has 0 aliphatic carbocycles. The summed E-state index contributed by atoms with van der Waals surface area (Å²) >= 11 is 0. The van der Waals surface area contributed by atoms with Crippen molar-refractivity contribution >= 4 is 5.78 Å². The maximum absolute atomic E-state index is 13.2. The molecule has 3 aromatic carbocycles. The molecule has 24 heavy (non-hydrogen) atoms. The van der Waals surface area contributed by atoms with E-state index in [-0.39, 0.29) is 17.4 Å². The van der Waals surface area contributed by atoms with E-state index in [1.54, 1.807) is 36.4 Å². The van der Waals surface area contributed by atoms with Crippen LogP contribution < -0.4 is 0 Å². The van der Waals surface area contributed by atoms with Crippen LogP contribution in [0.15, 0.2) is 78.9 Å². The third-order valence-corrected chi connectivity index (χ3v) is 4.00. The molecule has 0 amide bonds. The molecule has 0 heterocycles. The van der Waals surface area contributed by atoms with Crippen molar-refractivity contribution in [2.75, 3.05) is 0 Å². The monoisotopic (exact) mass is 322 g/mol. The molecule has 0 saturated carbocycles. The molecule has 1 unspecified atom stereocenters. The van der Waals surface area contributed by atoms with Gasteiger partial charge in [0.1, 0.15) is 11.6 Å². The number of carbonyl (C=O) groups is 1. The van der Waals surface area contributed by atoms with Gasteiger partial charge in [0.25, 0.3) is 0 Å². The van der Waals surface area contributed by atoms with Crippen LogP contribution in [0, 0.1) is 11.6 Å². The predicted molar refractivity (Wildman–Crippen MR) is 90.0 cm³/mol. The Morgan fingerprint density at radius 1 is 0.750 bits per heavy atom. The zero-order valence-electron chi connectivity index (χ0n) is 13.0. The van der Waals surface area contributed by atoms with Gasteiger partial charge in [0.2, 0.25) is 0 Å². The largest absolute Gasteiger partial charge is 0.293 e. The lowest BCUT2D eigenvalue weighted by Crippen LogP contribution is -2.16. The first-order valence-corrected chi connectivity index (χ1v) is 7.72. The van der Waals surface area contributed by atoms with Crippen molar-refractivity contribution in [3.8, 4) is 0 Å². The normalized spacial score (nSPS) is 11.9. The molecule has 0 aliphatic heterocycles. The van der Waals surface area contributed by atoms with Gasteiger partial charge in [-0.2, -0.15) is 0 Å². The first-order valence-electron chi connectivity index (χ1n) is 7.72. The Morgan fingerprint density at radius 3 is 1.88 bits per heavy atom. The first-order chi connectivity index (χ1) is 11.6. The average Bonchev–Trinajstić information content (AvgIpc) is 2.62. The van der Waals surface area contributed by atoms with E-state index in [0.717, 1.165) is 11.1 Å². The fraction of sp³-hybridized carbons (Fsp3) is 0.0952. The molecular weight excluding hydrogens is 306 g/mol. The Hall–Kier alpha value is -2.81. The van der Waals surface area contributed by atoms with Crippen LogP contribution in [0.2, 0.25) is 0 Å². The smallest absolute Gasteiger partial charge is 0.170 e. The van der Waals surface area contributed by atoms with Gasteiger partial charge in [-0.25, -0.2) is 8.78 Å². The molecule has 0 aliphatic rings. The second-order valence-electron chi connectivity index (χ2n) is 5.67. The van der Waals surface area contributed by atoms with Gasteiger partial charge in [0.15, 0.2) is 5.78 Å². The molecule has 3 rings (SSSR count). The summed E-state index contributed by atoms with van der Waals surface area (Å²) in [6.45, 7) is 0. The van der Waals surface area contributed by atoms with E-state index < -0.39 is 5.92 Å². The van der Waals surface area contributed by atoms with Gasteiger partial charge in [-0.15, -0.1) is 0 Å². The zero-order valence-corrected chi connectivity index (χ0v) is 13.0. The molecular formula is C21H16F2O. The number of benzene rings is 3. The summed E-state index contributed by atoms with van der Waals surface area (Å²) in [4.78, 5) is 12.9. The molecule has 1 atom stereocenters. The van der Waals surface area contributed by atoms with Crippen LogP contribution in [0.1, 0.15) is 27.4 Å². The molecule has 0 spiro atoms. The quantitative estimate of drug-likeness (QED) is 0.592. The second-order valence-corrected chi connectivity index (χ2v) is 5.67. The predicted octanol–water partition coefficient (Wildman–Crippen LogP) is 5.17. The van der Waals surface area contributed by atoms with Crippen LogP contribution >= 0.6 is 0 Å². The lowest BCUT2D eigenvalue weighted by atomic mass is 9.85. The van der Waals surface area contributed by atoms with Crippen molar-refractivity contribution in [1.82, 2.24) is 0 Å². The Kier molecular flexibility index (Phi) is 4.80. The Morgan fingerprint density at radius 2 is 1.29 bits per heavy atom. The van der Waals surface area contributed by atoms with Gasteiger partial charge in [0, 0.05) is 5.56 Å². The second kappa shape index (κ2) is 7.18. The number of Topliss-reactive ketones (excluding diaryl/α,β-unsaturated/α-hetero) is 1. The van der Waals surface area contributed by atoms with Crippen LogP contribution in [-0.2, 0) is 6.42 Å². The molecule has 0 N–H and O–H groups in total. The molecule has 0 fully saturated rings. The molecule has 0 bridgehead atoms. The minimum absolute atomic E-state index is 0.0356. The van der Waals surface area contributed by atoms with Gasteiger partial charge in [-0.3, -0.25) is 4.79 Å². The fourth-order valence-electron chi connectivity index (χ4n) is 2.72. The molecule has 3 heteroatoms. The highest BCUT2D eigenvalue weighted by Crippen LogP contribution is 2.26. The molecule has 3 aromatic rings. The first kappa shape index (κ1) is 16.1. The van der Waals surface area contributed by atoms with Crippen molar-refractivity contribution in [1.29, 1.82) is 0 Å². The van der Waals surface area contributed by atoms with Crippen LogP contribution in [0.25, 0.3) is 0 Å². The van der Waals surface area contributed by atoms with E-state index >= 15 is 0 Å². The minimum Gasteiger partial charge on any atom is -0.293 e. The number of halogens is 2. The Bertz CT molecular complexity index is 809. The third-order valence-electron chi connectivity index (χ3n) is 4.00. The van der Waals surface area contributed by atoms with E-state index in [0.29, 0.717) is 12.0 Å². The molecule has 120 valence electrons. The summed E-state index contributed by atoms with van der Waals surface area (Å²) < 4.78 is 26.3. The summed E-state index contributed by atoms with van der Waals surface area (Å²) in [7, 11) is 0. The highest BCUT2D eigenvalue weighted by molar-refractivity contribution is 6.01. The number of ketones is 1. The molecule has 0 aromatic heterocycles. The third kappa shape index (κ3) is 3.74. The van der Waals surface area contributed by atoms with Crippen molar-refractivity contribution in [3.63, 3.8) is 0 Å². The Labute approximate surface area is 139 Å².